The average molecular weight is 426 g/mol. The van der Waals surface area contributed by atoms with Gasteiger partial charge in [-0.2, -0.15) is 0 Å². The molecule has 0 saturated carbocycles. The Morgan fingerprint density at radius 2 is 1.86 bits per heavy atom. The zero-order valence-electron chi connectivity index (χ0n) is 15.5. The fourth-order valence-electron chi connectivity index (χ4n) is 3.33. The van der Waals surface area contributed by atoms with E-state index in [1.165, 1.54) is 23.9 Å². The number of aromatic nitrogens is 1. The molecule has 4 aromatic rings. The smallest absolute Gasteiger partial charge is 0.335 e. The molecule has 29 heavy (non-hydrogen) atoms. The van der Waals surface area contributed by atoms with Gasteiger partial charge in [0.2, 0.25) is 0 Å². The Hall–Kier alpha value is -2.76. The molecule has 1 N–H and O–H groups in total. The van der Waals surface area contributed by atoms with Crippen molar-refractivity contribution >= 4 is 40.2 Å². The Balaban J connectivity index is 1.80. The first-order valence-corrected chi connectivity index (χ1v) is 10.2. The minimum Gasteiger partial charge on any atom is -0.478 e. The van der Waals surface area contributed by atoms with Gasteiger partial charge in [0.15, 0.2) is 0 Å². The molecule has 0 saturated heterocycles. The van der Waals surface area contributed by atoms with Crippen molar-refractivity contribution in [1.29, 1.82) is 0 Å². The molecule has 3 aromatic carbocycles. The molecule has 0 spiro atoms. The largest absolute Gasteiger partial charge is 0.478 e. The maximum Gasteiger partial charge on any atom is 0.335 e. The molecule has 1 aromatic heterocycles. The highest BCUT2D eigenvalue weighted by Crippen LogP contribution is 2.39. The standard InChI is InChI=1S/C23H17ClFNO2S/c1-14-22(29-19-4-2-3-16(11-19)23(27)28)20-10-7-17(24)12-21(20)26(14)13-15-5-8-18(25)9-6-15/h2-12H,13H2,1H3,(H,27,28). The molecular weight excluding hydrogens is 409 g/mol. The van der Waals surface area contributed by atoms with Gasteiger partial charge in [0, 0.05) is 32.4 Å². The van der Waals surface area contributed by atoms with Crippen LogP contribution in [0.2, 0.25) is 5.02 Å². The predicted octanol–water partition coefficient (Wildman–Crippen LogP) is 6.64. The van der Waals surface area contributed by atoms with E-state index in [9.17, 15) is 14.3 Å². The number of halogens is 2. The zero-order chi connectivity index (χ0) is 20.5. The molecule has 0 radical (unpaired) electrons. The second-order valence-corrected chi connectivity index (χ2v) is 8.24. The van der Waals surface area contributed by atoms with E-state index in [0.29, 0.717) is 11.6 Å². The molecule has 0 aliphatic heterocycles. The first kappa shape index (κ1) is 19.6. The monoisotopic (exact) mass is 425 g/mol. The molecule has 146 valence electrons. The summed E-state index contributed by atoms with van der Waals surface area (Å²) in [4.78, 5) is 13.2. The lowest BCUT2D eigenvalue weighted by atomic mass is 10.2. The predicted molar refractivity (Wildman–Crippen MR) is 115 cm³/mol. The Morgan fingerprint density at radius 1 is 1.10 bits per heavy atom. The van der Waals surface area contributed by atoms with Gasteiger partial charge in [-0.1, -0.05) is 47.6 Å². The Bertz CT molecular complexity index is 1220. The summed E-state index contributed by atoms with van der Waals surface area (Å²) < 4.78 is 15.4. The molecule has 0 bridgehead atoms. The molecule has 0 aliphatic carbocycles. The van der Waals surface area contributed by atoms with Crippen LogP contribution in [0.3, 0.4) is 0 Å². The van der Waals surface area contributed by atoms with Gasteiger partial charge in [-0.15, -0.1) is 0 Å². The summed E-state index contributed by atoms with van der Waals surface area (Å²) >= 11 is 7.78. The first-order valence-electron chi connectivity index (χ1n) is 8.96. The van der Waals surface area contributed by atoms with Crippen molar-refractivity contribution in [3.05, 3.63) is 94.4 Å². The van der Waals surface area contributed by atoms with Crippen LogP contribution in [-0.2, 0) is 6.54 Å². The lowest BCUT2D eigenvalue weighted by molar-refractivity contribution is 0.0696. The van der Waals surface area contributed by atoms with Crippen LogP contribution < -0.4 is 0 Å². The van der Waals surface area contributed by atoms with Crippen molar-refractivity contribution in [1.82, 2.24) is 4.57 Å². The summed E-state index contributed by atoms with van der Waals surface area (Å²) in [5, 5.41) is 10.9. The van der Waals surface area contributed by atoms with Gasteiger partial charge in [-0.25, -0.2) is 9.18 Å². The van der Waals surface area contributed by atoms with Crippen LogP contribution in [0.4, 0.5) is 4.39 Å². The number of rotatable bonds is 5. The normalized spacial score (nSPS) is 11.1. The van der Waals surface area contributed by atoms with Crippen LogP contribution >= 0.6 is 23.4 Å². The Morgan fingerprint density at radius 3 is 2.59 bits per heavy atom. The number of nitrogens with zero attached hydrogens (tertiary/aromatic N) is 1. The lowest BCUT2D eigenvalue weighted by Gasteiger charge is -2.09. The van der Waals surface area contributed by atoms with Gasteiger partial charge < -0.3 is 9.67 Å². The second-order valence-electron chi connectivity index (χ2n) is 6.72. The molecule has 0 unspecified atom stereocenters. The number of fused-ring (bicyclic) bond motifs is 1. The first-order chi connectivity index (χ1) is 13.9. The summed E-state index contributed by atoms with van der Waals surface area (Å²) in [5.41, 5.74) is 3.26. The van der Waals surface area contributed by atoms with E-state index in [4.69, 9.17) is 11.6 Å². The van der Waals surface area contributed by atoms with E-state index < -0.39 is 5.97 Å². The quantitative estimate of drug-likeness (QED) is 0.389. The van der Waals surface area contributed by atoms with E-state index in [-0.39, 0.29) is 11.4 Å². The number of hydrogen-bond donors (Lipinski definition) is 1. The highest BCUT2D eigenvalue weighted by atomic mass is 35.5. The number of carboxylic acid groups (broad SMARTS) is 1. The zero-order valence-corrected chi connectivity index (χ0v) is 17.1. The van der Waals surface area contributed by atoms with E-state index in [2.05, 4.69) is 4.57 Å². The lowest BCUT2D eigenvalue weighted by Crippen LogP contribution is -2.02. The minimum atomic E-state index is -0.949. The fourth-order valence-corrected chi connectivity index (χ4v) is 4.61. The van der Waals surface area contributed by atoms with Crippen molar-refractivity contribution in [3.63, 3.8) is 0 Å². The van der Waals surface area contributed by atoms with Gasteiger partial charge in [0.1, 0.15) is 5.82 Å². The summed E-state index contributed by atoms with van der Waals surface area (Å²) in [5.74, 6) is -1.21. The highest BCUT2D eigenvalue weighted by Gasteiger charge is 2.17. The molecule has 0 amide bonds. The number of aromatic carboxylic acids is 1. The number of hydrogen-bond acceptors (Lipinski definition) is 2. The minimum absolute atomic E-state index is 0.255. The fraction of sp³-hybridized carbons (Fsp3) is 0.0870. The second kappa shape index (κ2) is 7.93. The average Bonchev–Trinajstić information content (AvgIpc) is 2.95. The van der Waals surface area contributed by atoms with Crippen LogP contribution in [0.25, 0.3) is 10.9 Å². The molecule has 0 aliphatic rings. The SMILES string of the molecule is Cc1c(Sc2cccc(C(=O)O)c2)c2ccc(Cl)cc2n1Cc1ccc(F)cc1. The molecule has 1 heterocycles. The van der Waals surface area contributed by atoms with Gasteiger partial charge >= 0.3 is 5.97 Å². The van der Waals surface area contributed by atoms with Crippen LogP contribution in [0.15, 0.2) is 76.5 Å². The Labute approximate surface area is 176 Å². The van der Waals surface area contributed by atoms with Crippen LogP contribution in [0.1, 0.15) is 21.6 Å². The van der Waals surface area contributed by atoms with E-state index in [0.717, 1.165) is 32.0 Å². The van der Waals surface area contributed by atoms with E-state index >= 15 is 0 Å². The molecule has 6 heteroatoms. The summed E-state index contributed by atoms with van der Waals surface area (Å²) in [7, 11) is 0. The highest BCUT2D eigenvalue weighted by molar-refractivity contribution is 7.99. The van der Waals surface area contributed by atoms with Crippen molar-refractivity contribution in [2.24, 2.45) is 0 Å². The number of carbonyl (C=O) groups is 1. The van der Waals surface area contributed by atoms with Crippen molar-refractivity contribution in [2.75, 3.05) is 0 Å². The number of carboxylic acids is 1. The van der Waals surface area contributed by atoms with Gasteiger partial charge in [-0.05, 0) is 55.0 Å². The topological polar surface area (TPSA) is 42.2 Å². The van der Waals surface area contributed by atoms with Crippen LogP contribution in [-0.4, -0.2) is 15.6 Å². The molecule has 4 rings (SSSR count). The van der Waals surface area contributed by atoms with E-state index in [1.807, 2.05) is 31.2 Å². The maximum absolute atomic E-state index is 13.3. The summed E-state index contributed by atoms with van der Waals surface area (Å²) in [6.45, 7) is 2.61. The van der Waals surface area contributed by atoms with E-state index in [1.54, 1.807) is 30.3 Å². The maximum atomic E-state index is 13.3. The van der Waals surface area contributed by atoms with Gasteiger partial charge in [0.05, 0.1) is 11.1 Å². The molecule has 0 atom stereocenters. The van der Waals surface area contributed by atoms with Gasteiger partial charge in [0.25, 0.3) is 0 Å². The molecule has 3 nitrogen and oxygen atoms in total. The summed E-state index contributed by atoms with van der Waals surface area (Å²) in [6.07, 6.45) is 0. The van der Waals surface area contributed by atoms with Crippen molar-refractivity contribution in [3.8, 4) is 0 Å². The number of benzene rings is 3. The van der Waals surface area contributed by atoms with Crippen molar-refractivity contribution < 1.29 is 14.3 Å². The van der Waals surface area contributed by atoms with Crippen LogP contribution in [0, 0.1) is 12.7 Å². The third-order valence-corrected chi connectivity index (χ3v) is 6.23. The summed E-state index contributed by atoms with van der Waals surface area (Å²) in [6, 6.07) is 19.1. The molecular formula is C23H17ClFNO2S. The Kier molecular flexibility index (Phi) is 5.35. The van der Waals surface area contributed by atoms with Gasteiger partial charge in [-0.3, -0.25) is 0 Å². The van der Waals surface area contributed by atoms with Crippen molar-refractivity contribution in [2.45, 2.75) is 23.3 Å². The van der Waals surface area contributed by atoms with Crippen LogP contribution in [0.5, 0.6) is 0 Å². The third kappa shape index (κ3) is 4.02. The molecule has 0 fully saturated rings. The third-order valence-electron chi connectivity index (χ3n) is 4.78.